The minimum Gasteiger partial charge on any atom is -1.00 e. The molecule has 0 radical (unpaired) electrons. The second kappa shape index (κ2) is 9.02. The Bertz CT molecular complexity index is 489. The third-order valence-corrected chi connectivity index (χ3v) is 1.27. The van der Waals surface area contributed by atoms with Crippen molar-refractivity contribution in [2.75, 3.05) is 0 Å². The fourth-order valence-corrected chi connectivity index (χ4v) is 0.636. The van der Waals surface area contributed by atoms with Crippen LogP contribution in [0.4, 0.5) is 0 Å². The van der Waals surface area contributed by atoms with Crippen LogP contribution in [0, 0.1) is 0 Å². The zero-order chi connectivity index (χ0) is 9.46. The van der Waals surface area contributed by atoms with Crippen LogP contribution in [0.15, 0.2) is 19.2 Å². The summed E-state index contributed by atoms with van der Waals surface area (Å²) < 4.78 is 0. The molecule has 1 aromatic carbocycles. The molecule has 0 heterocycles. The molecule has 1 aromatic rings. The smallest absolute Gasteiger partial charge is 1.00 e. The van der Waals surface area contributed by atoms with Gasteiger partial charge >= 0.3 is 59.1 Å². The quantitative estimate of drug-likeness (QED) is 0.264. The van der Waals surface area contributed by atoms with Crippen LogP contribution in [0.25, 0.3) is 0 Å². The Morgan fingerprint density at radius 3 is 1.00 bits per heavy atom. The molecular formula is C6H8Na2O8. The van der Waals surface area contributed by atoms with E-state index in [1.807, 2.05) is 0 Å². The van der Waals surface area contributed by atoms with Gasteiger partial charge in [0.15, 0.2) is 0 Å². The Morgan fingerprint density at radius 1 is 0.625 bits per heavy atom. The minimum atomic E-state index is -1.63. The number of phenols is 2. The van der Waals surface area contributed by atoms with Gasteiger partial charge in [-0.2, -0.15) is 0 Å². The molecule has 0 amide bonds. The summed E-state index contributed by atoms with van der Waals surface area (Å²) in [6, 6.07) is 0. The molecule has 0 atom stereocenters. The summed E-state index contributed by atoms with van der Waals surface area (Å²) in [5.41, 5.74) is -6.38. The van der Waals surface area contributed by atoms with E-state index in [2.05, 4.69) is 0 Å². The molecule has 16 heavy (non-hydrogen) atoms. The van der Waals surface area contributed by atoms with E-state index in [-0.39, 0.29) is 72.9 Å². The van der Waals surface area contributed by atoms with Gasteiger partial charge < -0.3 is 24.0 Å². The molecule has 10 heteroatoms. The average Bonchev–Trinajstić information content (AvgIpc) is 2.08. The van der Waals surface area contributed by atoms with Gasteiger partial charge in [0.25, 0.3) is 21.7 Å². The summed E-state index contributed by atoms with van der Waals surface area (Å²) >= 11 is 0. The number of rotatable bonds is 0. The van der Waals surface area contributed by atoms with Crippen LogP contribution in [0.3, 0.4) is 0 Å². The van der Waals surface area contributed by atoms with Gasteiger partial charge in [0.05, 0.1) is 0 Å². The Kier molecular flexibility index (Phi) is 14.1. The van der Waals surface area contributed by atoms with Gasteiger partial charge in [0, 0.05) is 0 Å². The zero-order valence-corrected chi connectivity index (χ0v) is 12.5. The van der Waals surface area contributed by atoms with Gasteiger partial charge in [0.1, 0.15) is 0 Å². The molecule has 82 valence electrons. The molecule has 0 saturated heterocycles. The zero-order valence-electron chi connectivity index (χ0n) is 10.5. The van der Waals surface area contributed by atoms with E-state index in [1.54, 1.807) is 0 Å². The van der Waals surface area contributed by atoms with E-state index in [4.69, 9.17) is 10.2 Å². The largest absolute Gasteiger partial charge is 1.00 e. The van der Waals surface area contributed by atoms with Crippen LogP contribution in [0.2, 0.25) is 0 Å². The van der Waals surface area contributed by atoms with E-state index in [9.17, 15) is 19.2 Å². The van der Waals surface area contributed by atoms with Crippen LogP contribution >= 0.6 is 0 Å². The number of aromatic hydroxyl groups is 2. The van der Waals surface area contributed by atoms with Gasteiger partial charge in [-0.1, -0.05) is 0 Å². The second-order valence-electron chi connectivity index (χ2n) is 2.01. The molecule has 0 aromatic heterocycles. The summed E-state index contributed by atoms with van der Waals surface area (Å²) in [5, 5.41) is 17.2. The summed E-state index contributed by atoms with van der Waals surface area (Å²) in [6.45, 7) is 0. The Hall–Kier alpha value is -0.0600. The summed E-state index contributed by atoms with van der Waals surface area (Å²) in [6.07, 6.45) is 0. The number of hydrogen-bond acceptors (Lipinski definition) is 6. The van der Waals surface area contributed by atoms with E-state index in [1.165, 1.54) is 0 Å². The molecule has 0 saturated carbocycles. The van der Waals surface area contributed by atoms with Crippen molar-refractivity contribution < 1.29 is 83.1 Å². The van der Waals surface area contributed by atoms with E-state index in [0.717, 1.165) is 0 Å². The van der Waals surface area contributed by atoms with Gasteiger partial charge in [0.2, 0.25) is 11.5 Å². The van der Waals surface area contributed by atoms with E-state index < -0.39 is 33.2 Å². The monoisotopic (exact) mass is 254 g/mol. The molecule has 0 bridgehead atoms. The van der Waals surface area contributed by atoms with Crippen molar-refractivity contribution in [3.05, 3.63) is 40.9 Å². The maximum absolute atomic E-state index is 10.5. The molecule has 0 unspecified atom stereocenters. The van der Waals surface area contributed by atoms with Gasteiger partial charge in [-0.3, -0.25) is 19.2 Å². The topological polar surface area (TPSA) is 172 Å². The van der Waals surface area contributed by atoms with Crippen LogP contribution < -0.4 is 80.8 Å². The Balaban J connectivity index is -0.0000000600. The van der Waals surface area contributed by atoms with Gasteiger partial charge in [-0.15, -0.1) is 0 Å². The first-order valence-electron chi connectivity index (χ1n) is 2.76. The molecule has 0 fully saturated rings. The van der Waals surface area contributed by atoms with Crippen molar-refractivity contribution in [3.63, 3.8) is 0 Å². The molecule has 6 N–H and O–H groups in total. The van der Waals surface area contributed by atoms with Crippen molar-refractivity contribution in [1.29, 1.82) is 0 Å². The van der Waals surface area contributed by atoms with Crippen LogP contribution in [-0.4, -0.2) is 21.2 Å². The standard InChI is InChI=1S/C6H2O6.2Na.2H2O.2H/c7-1-2(8)4(10)6(12)5(11)3(1)9;;;;;;/h7-8H;;;2*1H2;;/q;2*+1;;;2*-1. The van der Waals surface area contributed by atoms with Crippen LogP contribution in [-0.2, 0) is 0 Å². The first-order valence-corrected chi connectivity index (χ1v) is 2.76. The first kappa shape index (κ1) is 25.0. The van der Waals surface area contributed by atoms with Crippen LogP contribution in [0.1, 0.15) is 2.85 Å². The number of hydrogen-bond donors (Lipinski definition) is 2. The van der Waals surface area contributed by atoms with Gasteiger partial charge in [-0.05, 0) is 0 Å². The SMILES string of the molecule is O.O.O=c1c(O)c(O)c(=O)c(=O)c1=O.[H-].[H-].[Na+].[Na+]. The first-order chi connectivity index (χ1) is 5.46. The predicted octanol–water partition coefficient (Wildman–Crippen LogP) is -10.0. The third-order valence-electron chi connectivity index (χ3n) is 1.27. The third kappa shape index (κ3) is 4.07. The molecule has 1 rings (SSSR count). The van der Waals surface area contributed by atoms with Crippen molar-refractivity contribution in [2.45, 2.75) is 0 Å². The van der Waals surface area contributed by atoms with Crippen molar-refractivity contribution >= 4 is 0 Å². The average molecular weight is 254 g/mol. The Morgan fingerprint density at radius 2 is 0.812 bits per heavy atom. The maximum Gasteiger partial charge on any atom is 1.00 e. The molecule has 0 aliphatic heterocycles. The Labute approximate surface area is 134 Å². The van der Waals surface area contributed by atoms with Gasteiger partial charge in [-0.25, -0.2) is 0 Å². The fraction of sp³-hybridized carbons (Fsp3) is 0. The minimum absolute atomic E-state index is 0. The van der Waals surface area contributed by atoms with Crippen LogP contribution in [0.5, 0.6) is 11.5 Å². The van der Waals surface area contributed by atoms with Crippen molar-refractivity contribution in [1.82, 2.24) is 0 Å². The number of phenolic OH excluding ortho intramolecular Hbond substituents is 2. The fourth-order valence-electron chi connectivity index (χ4n) is 0.636. The molecular weight excluding hydrogens is 246 g/mol. The summed E-state index contributed by atoms with van der Waals surface area (Å²) in [5.74, 6) is -2.74. The normalized spacial score (nSPS) is 7.50. The molecule has 0 aliphatic carbocycles. The second-order valence-corrected chi connectivity index (χ2v) is 2.01. The van der Waals surface area contributed by atoms with Crippen molar-refractivity contribution in [2.24, 2.45) is 0 Å². The van der Waals surface area contributed by atoms with E-state index in [0.29, 0.717) is 0 Å². The molecule has 0 aliphatic rings. The molecule has 8 nitrogen and oxygen atoms in total. The number of benzene rings is 1. The van der Waals surface area contributed by atoms with Crippen molar-refractivity contribution in [3.8, 4) is 11.5 Å². The maximum atomic E-state index is 10.5. The molecule has 0 spiro atoms. The summed E-state index contributed by atoms with van der Waals surface area (Å²) in [4.78, 5) is 41.9. The predicted molar refractivity (Wildman–Crippen MR) is 46.7 cm³/mol. The summed E-state index contributed by atoms with van der Waals surface area (Å²) in [7, 11) is 0. The van der Waals surface area contributed by atoms with E-state index >= 15 is 0 Å².